The molecule has 1 aromatic heterocycles. The number of pyridine rings is 1. The van der Waals surface area contributed by atoms with E-state index in [-0.39, 0.29) is 0 Å². The van der Waals surface area contributed by atoms with Crippen molar-refractivity contribution >= 4 is 18.0 Å². The van der Waals surface area contributed by atoms with E-state index in [0.717, 1.165) is 16.9 Å². The van der Waals surface area contributed by atoms with Crippen molar-refractivity contribution in [3.63, 3.8) is 0 Å². The number of nitrogens with zero attached hydrogens (tertiary/aromatic N) is 1. The van der Waals surface area contributed by atoms with Gasteiger partial charge in [-0.1, -0.05) is 29.5 Å². The van der Waals surface area contributed by atoms with Crippen LogP contribution in [0.5, 0.6) is 0 Å². The van der Waals surface area contributed by atoms with Crippen LogP contribution in [-0.4, -0.2) is 11.3 Å². The zero-order valence-corrected chi connectivity index (χ0v) is 11.5. The van der Waals surface area contributed by atoms with E-state index >= 15 is 0 Å². The molecule has 1 heterocycles. The zero-order valence-electron chi connectivity index (χ0n) is 10.7. The summed E-state index contributed by atoms with van der Waals surface area (Å²) in [6, 6.07) is 8.25. The number of hydrogen-bond donors (Lipinski definition) is 0. The van der Waals surface area contributed by atoms with Gasteiger partial charge < -0.3 is 0 Å². The van der Waals surface area contributed by atoms with Gasteiger partial charge in [0.15, 0.2) is 6.29 Å². The second-order valence-corrected chi connectivity index (χ2v) is 5.41. The van der Waals surface area contributed by atoms with Gasteiger partial charge >= 0.3 is 0 Å². The fourth-order valence-electron chi connectivity index (χ4n) is 1.77. The normalized spacial score (nSPS) is 10.4. The maximum atomic E-state index is 10.7. The number of hydrogen-bond acceptors (Lipinski definition) is 3. The molecule has 2 rings (SSSR count). The Kier molecular flexibility index (Phi) is 3.82. The molecule has 0 amide bonds. The van der Waals surface area contributed by atoms with Gasteiger partial charge in [0, 0.05) is 16.7 Å². The number of carbonyl (C=O) groups excluding carboxylic acids is 1. The monoisotopic (exact) mass is 257 g/mol. The smallest absolute Gasteiger partial charge is 0.151 e. The summed E-state index contributed by atoms with van der Waals surface area (Å²) in [6.07, 6.45) is 2.44. The van der Waals surface area contributed by atoms with E-state index in [1.165, 1.54) is 16.0 Å². The van der Waals surface area contributed by atoms with Crippen LogP contribution in [0.1, 0.15) is 27.0 Å². The molecule has 18 heavy (non-hydrogen) atoms. The highest BCUT2D eigenvalue weighted by molar-refractivity contribution is 7.99. The van der Waals surface area contributed by atoms with Gasteiger partial charge in [0.05, 0.1) is 0 Å². The Balaban J connectivity index is 2.31. The van der Waals surface area contributed by atoms with Crippen LogP contribution in [0.25, 0.3) is 0 Å². The average molecular weight is 257 g/mol. The third-order valence-corrected chi connectivity index (χ3v) is 4.02. The van der Waals surface area contributed by atoms with Crippen molar-refractivity contribution in [3.8, 4) is 0 Å². The lowest BCUT2D eigenvalue weighted by Crippen LogP contribution is -1.90. The number of aryl methyl sites for hydroxylation is 3. The maximum Gasteiger partial charge on any atom is 0.151 e. The summed E-state index contributed by atoms with van der Waals surface area (Å²) in [7, 11) is 0. The molecule has 0 atom stereocenters. The molecule has 0 aliphatic heterocycles. The first kappa shape index (κ1) is 12.8. The fourth-order valence-corrected chi connectivity index (χ4v) is 2.66. The summed E-state index contributed by atoms with van der Waals surface area (Å²) in [4.78, 5) is 16.2. The van der Waals surface area contributed by atoms with Gasteiger partial charge in [-0.05, 0) is 44.0 Å². The Labute approximate surface area is 111 Å². The van der Waals surface area contributed by atoms with Crippen LogP contribution in [0.4, 0.5) is 0 Å². The molecule has 2 nitrogen and oxygen atoms in total. The maximum absolute atomic E-state index is 10.7. The van der Waals surface area contributed by atoms with Crippen LogP contribution in [0.3, 0.4) is 0 Å². The van der Waals surface area contributed by atoms with Crippen molar-refractivity contribution in [3.05, 3.63) is 52.7 Å². The molecule has 92 valence electrons. The van der Waals surface area contributed by atoms with Gasteiger partial charge in [-0.15, -0.1) is 0 Å². The van der Waals surface area contributed by atoms with Gasteiger partial charge in [-0.3, -0.25) is 4.79 Å². The van der Waals surface area contributed by atoms with Crippen LogP contribution in [-0.2, 0) is 0 Å². The topological polar surface area (TPSA) is 30.0 Å². The lowest BCUT2D eigenvalue weighted by Gasteiger charge is -2.08. The molecule has 3 heteroatoms. The van der Waals surface area contributed by atoms with E-state index in [0.29, 0.717) is 5.56 Å². The highest BCUT2D eigenvalue weighted by atomic mass is 32.2. The molecule has 0 aliphatic carbocycles. The van der Waals surface area contributed by atoms with Crippen molar-refractivity contribution < 1.29 is 4.79 Å². The quantitative estimate of drug-likeness (QED) is 0.779. The van der Waals surface area contributed by atoms with E-state index in [4.69, 9.17) is 0 Å². The first-order valence-electron chi connectivity index (χ1n) is 5.77. The Bertz CT molecular complexity index is 593. The SMILES string of the molecule is Cc1ccc(Sc2ncc(C=O)cc2C)c(C)c1. The van der Waals surface area contributed by atoms with Crippen molar-refractivity contribution in [2.24, 2.45) is 0 Å². The van der Waals surface area contributed by atoms with E-state index in [9.17, 15) is 4.79 Å². The van der Waals surface area contributed by atoms with Crippen LogP contribution >= 0.6 is 11.8 Å². The summed E-state index contributed by atoms with van der Waals surface area (Å²) >= 11 is 1.64. The first-order valence-corrected chi connectivity index (χ1v) is 6.58. The minimum Gasteiger partial charge on any atom is -0.298 e. The highest BCUT2D eigenvalue weighted by Gasteiger charge is 2.06. The molecule has 2 aromatic rings. The van der Waals surface area contributed by atoms with Crippen LogP contribution in [0.2, 0.25) is 0 Å². The van der Waals surface area contributed by atoms with E-state index in [1.807, 2.05) is 13.0 Å². The minimum atomic E-state index is 0.623. The highest BCUT2D eigenvalue weighted by Crippen LogP contribution is 2.31. The average Bonchev–Trinajstić information content (AvgIpc) is 2.34. The van der Waals surface area contributed by atoms with Crippen LogP contribution in [0, 0.1) is 20.8 Å². The molecule has 0 fully saturated rings. The Hall–Kier alpha value is -1.61. The molecular weight excluding hydrogens is 242 g/mol. The third-order valence-electron chi connectivity index (χ3n) is 2.72. The van der Waals surface area contributed by atoms with Crippen molar-refractivity contribution in [2.45, 2.75) is 30.7 Å². The van der Waals surface area contributed by atoms with Crippen molar-refractivity contribution in [2.75, 3.05) is 0 Å². The van der Waals surface area contributed by atoms with Gasteiger partial charge in [0.25, 0.3) is 0 Å². The first-order chi connectivity index (χ1) is 8.60. The molecule has 0 spiro atoms. The summed E-state index contributed by atoms with van der Waals surface area (Å²) in [6.45, 7) is 6.17. The molecule has 0 aliphatic rings. The number of benzene rings is 1. The summed E-state index contributed by atoms with van der Waals surface area (Å²) in [5.74, 6) is 0. The largest absolute Gasteiger partial charge is 0.298 e. The predicted molar refractivity (Wildman–Crippen MR) is 74.4 cm³/mol. The molecule has 0 saturated heterocycles. The Morgan fingerprint density at radius 3 is 2.50 bits per heavy atom. The molecular formula is C15H15NOS. The molecule has 0 bridgehead atoms. The van der Waals surface area contributed by atoms with Gasteiger partial charge in [0.2, 0.25) is 0 Å². The van der Waals surface area contributed by atoms with E-state index in [2.05, 4.69) is 37.0 Å². The number of carbonyl (C=O) groups is 1. The van der Waals surface area contributed by atoms with Gasteiger partial charge in [-0.2, -0.15) is 0 Å². The lowest BCUT2D eigenvalue weighted by atomic mass is 10.2. The Morgan fingerprint density at radius 2 is 1.89 bits per heavy atom. The van der Waals surface area contributed by atoms with Gasteiger partial charge in [0.1, 0.15) is 5.03 Å². The second-order valence-electron chi connectivity index (χ2n) is 4.38. The van der Waals surface area contributed by atoms with E-state index in [1.54, 1.807) is 18.0 Å². The fraction of sp³-hybridized carbons (Fsp3) is 0.200. The van der Waals surface area contributed by atoms with Crippen molar-refractivity contribution in [1.82, 2.24) is 4.98 Å². The third kappa shape index (κ3) is 2.79. The minimum absolute atomic E-state index is 0.623. The number of aldehydes is 1. The molecule has 0 N–H and O–H groups in total. The molecule has 0 saturated carbocycles. The second kappa shape index (κ2) is 5.36. The molecule has 0 radical (unpaired) electrons. The predicted octanol–water partition coefficient (Wildman–Crippen LogP) is 3.97. The number of rotatable bonds is 3. The summed E-state index contributed by atoms with van der Waals surface area (Å²) in [5.41, 5.74) is 4.17. The summed E-state index contributed by atoms with van der Waals surface area (Å²) < 4.78 is 0. The van der Waals surface area contributed by atoms with Gasteiger partial charge in [-0.25, -0.2) is 4.98 Å². The summed E-state index contributed by atoms with van der Waals surface area (Å²) in [5, 5.41) is 0.951. The molecule has 0 unspecified atom stereocenters. The number of aromatic nitrogens is 1. The van der Waals surface area contributed by atoms with Crippen molar-refractivity contribution in [1.29, 1.82) is 0 Å². The lowest BCUT2D eigenvalue weighted by molar-refractivity contribution is 0.112. The molecule has 1 aromatic carbocycles. The van der Waals surface area contributed by atoms with Crippen LogP contribution < -0.4 is 0 Å². The van der Waals surface area contributed by atoms with E-state index < -0.39 is 0 Å². The standard InChI is InChI=1S/C15H15NOS/c1-10-4-5-14(11(2)6-10)18-15-12(3)7-13(9-17)8-16-15/h4-9H,1-3H3. The zero-order chi connectivity index (χ0) is 13.1. The van der Waals surface area contributed by atoms with Crippen LogP contribution in [0.15, 0.2) is 40.4 Å². The Morgan fingerprint density at radius 1 is 1.11 bits per heavy atom.